The summed E-state index contributed by atoms with van der Waals surface area (Å²) in [4.78, 5) is 22.7. The molecular formula is C25H29ClN10O3. The van der Waals surface area contributed by atoms with Gasteiger partial charge < -0.3 is 30.7 Å². The van der Waals surface area contributed by atoms with Gasteiger partial charge in [-0.25, -0.2) is 9.78 Å². The topological polar surface area (TPSA) is 177 Å². The smallest absolute Gasteiger partial charge is 0.407 e. The van der Waals surface area contributed by atoms with Crippen LogP contribution in [0.5, 0.6) is 0 Å². The first-order valence-corrected chi connectivity index (χ1v) is 12.7. The number of nitriles is 2. The number of amides is 1. The molecule has 0 spiro atoms. The molecule has 204 valence electrons. The van der Waals surface area contributed by atoms with Crippen LogP contribution in [0.4, 0.5) is 27.9 Å². The number of aliphatic hydroxyl groups is 1. The van der Waals surface area contributed by atoms with Crippen LogP contribution in [-0.4, -0.2) is 68.2 Å². The van der Waals surface area contributed by atoms with Crippen LogP contribution < -0.4 is 20.9 Å². The van der Waals surface area contributed by atoms with Crippen LogP contribution >= 0.6 is 11.6 Å². The minimum Gasteiger partial charge on any atom is -0.444 e. The molecule has 2 atom stereocenters. The number of rotatable bonds is 6. The summed E-state index contributed by atoms with van der Waals surface area (Å²) < 4.78 is 6.67. The van der Waals surface area contributed by atoms with Crippen LogP contribution in [0.3, 0.4) is 0 Å². The average Bonchev–Trinajstić information content (AvgIpc) is 3.29. The summed E-state index contributed by atoms with van der Waals surface area (Å²) in [6.45, 7) is 8.40. The number of piperidine rings is 1. The molecule has 2 aromatic heterocycles. The van der Waals surface area contributed by atoms with E-state index in [0.717, 1.165) is 0 Å². The monoisotopic (exact) mass is 552 g/mol. The molecule has 39 heavy (non-hydrogen) atoms. The van der Waals surface area contributed by atoms with E-state index in [-0.39, 0.29) is 18.2 Å². The van der Waals surface area contributed by atoms with Gasteiger partial charge in [0.2, 0.25) is 5.95 Å². The van der Waals surface area contributed by atoms with Gasteiger partial charge in [-0.05, 0) is 46.2 Å². The Morgan fingerprint density at radius 1 is 1.31 bits per heavy atom. The number of hydrogen-bond donors (Lipinski definition) is 4. The molecule has 14 heteroatoms. The van der Waals surface area contributed by atoms with Gasteiger partial charge in [0.25, 0.3) is 0 Å². The first-order valence-electron chi connectivity index (χ1n) is 12.4. The van der Waals surface area contributed by atoms with Crippen molar-refractivity contribution >= 4 is 46.5 Å². The van der Waals surface area contributed by atoms with Crippen molar-refractivity contribution in [1.29, 1.82) is 10.5 Å². The maximum atomic E-state index is 12.2. The van der Waals surface area contributed by atoms with Gasteiger partial charge in [-0.1, -0.05) is 11.6 Å². The van der Waals surface area contributed by atoms with Crippen LogP contribution in [0.15, 0.2) is 18.3 Å². The maximum Gasteiger partial charge on any atom is 0.407 e. The van der Waals surface area contributed by atoms with E-state index in [4.69, 9.17) is 16.3 Å². The van der Waals surface area contributed by atoms with Gasteiger partial charge >= 0.3 is 6.09 Å². The Bertz CT molecular complexity index is 1470. The number of halogens is 1. The van der Waals surface area contributed by atoms with E-state index in [2.05, 4.69) is 37.1 Å². The maximum absolute atomic E-state index is 12.2. The second-order valence-electron chi connectivity index (χ2n) is 9.95. The van der Waals surface area contributed by atoms with E-state index in [1.54, 1.807) is 32.9 Å². The van der Waals surface area contributed by atoms with Crippen molar-refractivity contribution in [2.75, 3.05) is 35.2 Å². The minimum atomic E-state index is -0.899. The first-order chi connectivity index (χ1) is 18.5. The number of benzene rings is 1. The summed E-state index contributed by atoms with van der Waals surface area (Å²) in [5.41, 5.74) is 1.20. The number of carbonyl (C=O) groups is 1. The number of imidazole rings is 1. The number of aromatic nitrogens is 4. The molecule has 0 bridgehead atoms. The van der Waals surface area contributed by atoms with E-state index in [0.29, 0.717) is 52.9 Å². The molecule has 3 heterocycles. The van der Waals surface area contributed by atoms with E-state index in [1.165, 1.54) is 10.7 Å². The SMILES string of the molecule is CCNc1nc(Nc2cc(C#N)cc(N3CC[C@@H](NC(=O)OC(C)(C)C)[C@H](O)C3)c2Cl)nn2c(C#N)cnc12. The highest BCUT2D eigenvalue weighted by Gasteiger charge is 2.32. The number of nitrogens with one attached hydrogen (secondary N) is 3. The van der Waals surface area contributed by atoms with E-state index in [1.807, 2.05) is 17.9 Å². The third kappa shape index (κ3) is 6.22. The van der Waals surface area contributed by atoms with Crippen LogP contribution in [0.25, 0.3) is 5.65 Å². The van der Waals surface area contributed by atoms with E-state index < -0.39 is 23.8 Å². The van der Waals surface area contributed by atoms with Gasteiger partial charge in [-0.3, -0.25) is 0 Å². The Labute approximate surface area is 230 Å². The molecule has 1 saturated heterocycles. The molecule has 0 radical (unpaired) electrons. The normalized spacial score (nSPS) is 17.3. The summed E-state index contributed by atoms with van der Waals surface area (Å²) in [5.74, 6) is 0.558. The third-order valence-electron chi connectivity index (χ3n) is 5.87. The molecule has 4 N–H and O–H groups in total. The van der Waals surface area contributed by atoms with Crippen LogP contribution in [-0.2, 0) is 4.74 Å². The summed E-state index contributed by atoms with van der Waals surface area (Å²) in [5, 5.41) is 43.5. The number of nitrogens with zero attached hydrogens (tertiary/aromatic N) is 7. The Morgan fingerprint density at radius 3 is 2.72 bits per heavy atom. The molecule has 1 amide bonds. The Balaban J connectivity index is 1.59. The standard InChI is InChI=1S/C25H29ClN10O3/c1-5-29-21-22-30-12-15(11-28)36(22)34-23(33-21)31-17-8-14(10-27)9-18(20(17)26)35-7-6-16(19(37)13-35)32-24(38)39-25(2,3)4/h8-9,12,16,19,37H,5-7,13H2,1-4H3,(H,32,38)(H2,29,31,33,34)/t16-,19-/m1/s1. The van der Waals surface area contributed by atoms with Gasteiger partial charge in [-0.15, -0.1) is 5.10 Å². The summed E-state index contributed by atoms with van der Waals surface area (Å²) in [6, 6.07) is 6.88. The number of alkyl carbamates (subject to hydrolysis) is 1. The second kappa shape index (κ2) is 11.2. The molecule has 4 rings (SSSR count). The summed E-state index contributed by atoms with van der Waals surface area (Å²) in [6.07, 6.45) is 0.341. The molecule has 3 aromatic rings. The Hall–Kier alpha value is -4.33. The van der Waals surface area contributed by atoms with Crippen molar-refractivity contribution in [2.45, 2.75) is 51.9 Å². The van der Waals surface area contributed by atoms with Crippen LogP contribution in [0.1, 0.15) is 45.4 Å². The number of anilines is 4. The molecule has 0 saturated carbocycles. The largest absolute Gasteiger partial charge is 0.444 e. The van der Waals surface area contributed by atoms with E-state index in [9.17, 15) is 20.4 Å². The second-order valence-corrected chi connectivity index (χ2v) is 10.3. The minimum absolute atomic E-state index is 0.135. The molecule has 0 unspecified atom stereocenters. The lowest BCUT2D eigenvalue weighted by Crippen LogP contribution is -2.54. The highest BCUT2D eigenvalue weighted by molar-refractivity contribution is 6.36. The van der Waals surface area contributed by atoms with Crippen molar-refractivity contribution < 1.29 is 14.6 Å². The molecule has 13 nitrogen and oxygen atoms in total. The fourth-order valence-corrected chi connectivity index (χ4v) is 4.47. The van der Waals surface area contributed by atoms with Crippen molar-refractivity contribution in [3.63, 3.8) is 0 Å². The Kier molecular flexibility index (Phi) is 7.95. The van der Waals surface area contributed by atoms with Gasteiger partial charge in [0, 0.05) is 19.6 Å². The van der Waals surface area contributed by atoms with Crippen molar-refractivity contribution in [1.82, 2.24) is 24.9 Å². The lowest BCUT2D eigenvalue weighted by atomic mass is 10.0. The number of aliphatic hydroxyl groups excluding tert-OH is 1. The van der Waals surface area contributed by atoms with E-state index >= 15 is 0 Å². The molecule has 1 aliphatic heterocycles. The van der Waals surface area contributed by atoms with Gasteiger partial charge in [0.05, 0.1) is 46.4 Å². The van der Waals surface area contributed by atoms with Crippen molar-refractivity contribution in [3.05, 3.63) is 34.6 Å². The highest BCUT2D eigenvalue weighted by atomic mass is 35.5. The predicted molar refractivity (Wildman–Crippen MR) is 145 cm³/mol. The zero-order valence-electron chi connectivity index (χ0n) is 22.0. The molecule has 1 aromatic carbocycles. The number of carbonyl (C=O) groups excluding carboxylic acids is 1. The molecule has 1 aliphatic rings. The van der Waals surface area contributed by atoms with Crippen LogP contribution in [0.2, 0.25) is 5.02 Å². The average molecular weight is 553 g/mol. The molecule has 1 fully saturated rings. The lowest BCUT2D eigenvalue weighted by Gasteiger charge is -2.38. The molecule has 0 aliphatic carbocycles. The molecular weight excluding hydrogens is 524 g/mol. The quantitative estimate of drug-likeness (QED) is 0.353. The van der Waals surface area contributed by atoms with Gasteiger partial charge in [0.1, 0.15) is 11.7 Å². The number of fused-ring (bicyclic) bond motifs is 1. The van der Waals surface area contributed by atoms with Crippen molar-refractivity contribution in [2.24, 2.45) is 0 Å². The fraction of sp³-hybridized carbons (Fsp3) is 0.440. The first kappa shape index (κ1) is 27.7. The number of hydrogen-bond acceptors (Lipinski definition) is 11. The predicted octanol–water partition coefficient (Wildman–Crippen LogP) is 3.16. The zero-order chi connectivity index (χ0) is 28.3. The zero-order valence-corrected chi connectivity index (χ0v) is 22.7. The Morgan fingerprint density at radius 2 is 2.08 bits per heavy atom. The lowest BCUT2D eigenvalue weighted by molar-refractivity contribution is 0.0402. The number of ether oxygens (including phenoxy) is 1. The summed E-state index contributed by atoms with van der Waals surface area (Å²) in [7, 11) is 0. The summed E-state index contributed by atoms with van der Waals surface area (Å²) >= 11 is 6.79. The number of β-amino-alcohol motifs (C(OH)–C–C–N with tert-alkyl or cyclic N) is 1. The third-order valence-corrected chi connectivity index (χ3v) is 6.27. The van der Waals surface area contributed by atoms with Gasteiger partial charge in [0.15, 0.2) is 17.2 Å². The van der Waals surface area contributed by atoms with Crippen molar-refractivity contribution in [3.8, 4) is 12.1 Å². The van der Waals surface area contributed by atoms with Crippen LogP contribution in [0, 0.1) is 22.7 Å². The fourth-order valence-electron chi connectivity index (χ4n) is 4.19. The highest BCUT2D eigenvalue weighted by Crippen LogP contribution is 2.37. The van der Waals surface area contributed by atoms with Gasteiger partial charge in [-0.2, -0.15) is 20.0 Å².